The average molecular weight is 541 g/mol. The molecule has 17 heteroatoms. The number of hydrogen-bond acceptors (Lipinski definition) is 9. The number of hydrogen-bond donors (Lipinski definition) is 2. The zero-order valence-corrected chi connectivity index (χ0v) is 19.4. The van der Waals surface area contributed by atoms with Crippen molar-refractivity contribution in [3.63, 3.8) is 0 Å². The predicted molar refractivity (Wildman–Crippen MR) is 119 cm³/mol. The van der Waals surface area contributed by atoms with Gasteiger partial charge < -0.3 is 14.8 Å². The third-order valence-corrected chi connectivity index (χ3v) is 5.21. The number of ether oxygens (including phenoxy) is 1. The van der Waals surface area contributed by atoms with Crippen LogP contribution in [0.15, 0.2) is 46.2 Å². The van der Waals surface area contributed by atoms with Gasteiger partial charge in [0.15, 0.2) is 17.8 Å². The van der Waals surface area contributed by atoms with Crippen molar-refractivity contribution in [3.8, 4) is 17.2 Å². The van der Waals surface area contributed by atoms with Crippen LogP contribution in [-0.2, 0) is 17.8 Å². The molecule has 0 fully saturated rings. The Balaban J connectivity index is 1.80. The van der Waals surface area contributed by atoms with E-state index in [-0.39, 0.29) is 23.0 Å². The van der Waals surface area contributed by atoms with Crippen molar-refractivity contribution in [3.05, 3.63) is 74.2 Å². The number of halogens is 4. The molecule has 4 aromatic rings. The second-order valence-electron chi connectivity index (χ2n) is 7.44. The van der Waals surface area contributed by atoms with Crippen LogP contribution < -0.4 is 11.2 Å². The second kappa shape index (κ2) is 9.98. The molecule has 37 heavy (non-hydrogen) atoms. The van der Waals surface area contributed by atoms with Gasteiger partial charge in [-0.3, -0.25) is 9.36 Å². The van der Waals surface area contributed by atoms with Gasteiger partial charge in [-0.1, -0.05) is 11.6 Å². The van der Waals surface area contributed by atoms with E-state index in [9.17, 15) is 32.7 Å². The van der Waals surface area contributed by atoms with E-state index >= 15 is 0 Å². The lowest BCUT2D eigenvalue weighted by atomic mass is 10.2. The van der Waals surface area contributed by atoms with Crippen LogP contribution in [-0.4, -0.2) is 69.5 Å². The predicted octanol–water partition coefficient (Wildman–Crippen LogP) is 0.787. The van der Waals surface area contributed by atoms with Crippen molar-refractivity contribution in [1.82, 2.24) is 39.1 Å². The maximum atomic E-state index is 13.0. The van der Waals surface area contributed by atoms with Crippen molar-refractivity contribution >= 4 is 17.6 Å². The van der Waals surface area contributed by atoms with Crippen LogP contribution in [0.3, 0.4) is 0 Å². The molecule has 0 bridgehead atoms. The van der Waals surface area contributed by atoms with E-state index in [1.807, 2.05) is 0 Å². The van der Waals surface area contributed by atoms with Gasteiger partial charge >= 0.3 is 17.8 Å². The Kier molecular flexibility index (Phi) is 6.95. The molecule has 0 saturated heterocycles. The number of carbonyl (C=O) groups excluding carboxylic acids is 1. The third kappa shape index (κ3) is 5.29. The van der Waals surface area contributed by atoms with Crippen LogP contribution >= 0.6 is 11.6 Å². The number of nitrogens with zero attached hydrogens (tertiary/aromatic N) is 7. The minimum atomic E-state index is -5.00. The van der Waals surface area contributed by atoms with E-state index in [1.54, 1.807) is 0 Å². The summed E-state index contributed by atoms with van der Waals surface area (Å²) in [6, 6.07) is 5.75. The normalized spacial score (nSPS) is 12.5. The third-order valence-electron chi connectivity index (χ3n) is 4.96. The lowest BCUT2D eigenvalue weighted by Crippen LogP contribution is -2.37. The van der Waals surface area contributed by atoms with Crippen molar-refractivity contribution < 1.29 is 27.8 Å². The largest absolute Gasteiger partial charge is 0.463 e. The van der Waals surface area contributed by atoms with Gasteiger partial charge in [0.05, 0.1) is 13.7 Å². The molecule has 13 nitrogen and oxygen atoms in total. The van der Waals surface area contributed by atoms with E-state index in [1.165, 1.54) is 36.7 Å². The molecule has 0 spiro atoms. The molecule has 0 radical (unpaired) electrons. The molecule has 0 aliphatic rings. The standard InChI is InChI=1S/C20H16ClF3N8O5/c1-37-18(35)16-27-13(28-32(16)15-17(34)26-7-6-25-15)9-31-19(36)30(8-12(33)20(22,23)24)14(29-31)10-2-4-11(21)5-3-10/h2-7,12,33H,8-9H2,1H3,(H,26,34)/t12-/m0/s1. The highest BCUT2D eigenvalue weighted by Crippen LogP contribution is 2.24. The fourth-order valence-corrected chi connectivity index (χ4v) is 3.35. The maximum Gasteiger partial charge on any atom is 0.416 e. The Hall–Kier alpha value is -4.31. The van der Waals surface area contributed by atoms with Crippen LogP contribution in [0.2, 0.25) is 5.02 Å². The van der Waals surface area contributed by atoms with Gasteiger partial charge in [-0.25, -0.2) is 24.2 Å². The summed E-state index contributed by atoms with van der Waals surface area (Å²) in [4.78, 5) is 47.6. The first kappa shape index (κ1) is 25.8. The second-order valence-corrected chi connectivity index (χ2v) is 7.87. The highest BCUT2D eigenvalue weighted by molar-refractivity contribution is 6.30. The van der Waals surface area contributed by atoms with Crippen molar-refractivity contribution in [2.75, 3.05) is 7.11 Å². The van der Waals surface area contributed by atoms with Crippen molar-refractivity contribution in [2.24, 2.45) is 0 Å². The Morgan fingerprint density at radius 1 is 1.22 bits per heavy atom. The summed E-state index contributed by atoms with van der Waals surface area (Å²) in [6.07, 6.45) is -5.37. The topological polar surface area (TPSA) is 163 Å². The summed E-state index contributed by atoms with van der Waals surface area (Å²) in [5, 5.41) is 18.1. The van der Waals surface area contributed by atoms with E-state index in [4.69, 9.17) is 11.6 Å². The minimum Gasteiger partial charge on any atom is -0.463 e. The molecule has 1 atom stereocenters. The molecule has 4 rings (SSSR count). The Labute approximate surface area is 208 Å². The van der Waals surface area contributed by atoms with Gasteiger partial charge in [-0.05, 0) is 24.3 Å². The number of carbonyl (C=O) groups is 1. The smallest absolute Gasteiger partial charge is 0.416 e. The number of nitrogens with one attached hydrogen (secondary N) is 1. The molecule has 0 aliphatic heterocycles. The number of H-pyrrole nitrogens is 1. The van der Waals surface area contributed by atoms with Gasteiger partial charge in [0.25, 0.3) is 5.56 Å². The van der Waals surface area contributed by atoms with E-state index in [0.717, 1.165) is 16.5 Å². The molecule has 0 amide bonds. The van der Waals surface area contributed by atoms with Gasteiger partial charge in [0.1, 0.15) is 6.54 Å². The van der Waals surface area contributed by atoms with Gasteiger partial charge in [0.2, 0.25) is 11.6 Å². The molecule has 0 aliphatic carbocycles. The summed E-state index contributed by atoms with van der Waals surface area (Å²) < 4.78 is 46.0. The molecule has 194 valence electrons. The summed E-state index contributed by atoms with van der Waals surface area (Å²) >= 11 is 5.87. The number of aliphatic hydroxyl groups is 1. The number of esters is 1. The van der Waals surface area contributed by atoms with E-state index in [2.05, 4.69) is 29.9 Å². The molecule has 3 heterocycles. The summed E-state index contributed by atoms with van der Waals surface area (Å²) in [5.74, 6) is -2.15. The van der Waals surface area contributed by atoms with Crippen molar-refractivity contribution in [1.29, 1.82) is 0 Å². The SMILES string of the molecule is COC(=O)c1nc(Cn2nc(-c3ccc(Cl)cc3)n(C[C@H](O)C(F)(F)F)c2=O)nn1-c1ncc[nH]c1=O. The molecule has 1 aromatic carbocycles. The number of aromatic amines is 1. The van der Waals surface area contributed by atoms with Crippen LogP contribution in [0.4, 0.5) is 13.2 Å². The summed E-state index contributed by atoms with van der Waals surface area (Å²) in [6.45, 7) is -1.66. The zero-order valence-electron chi connectivity index (χ0n) is 18.7. The van der Waals surface area contributed by atoms with Gasteiger partial charge in [0, 0.05) is 23.0 Å². The fourth-order valence-electron chi connectivity index (χ4n) is 3.22. The number of methoxy groups -OCH3 is 1. The number of rotatable bonds is 7. The number of aliphatic hydroxyl groups excluding tert-OH is 1. The Morgan fingerprint density at radius 2 is 1.92 bits per heavy atom. The quantitative estimate of drug-likeness (QED) is 0.322. The number of benzene rings is 1. The Bertz CT molecular complexity index is 1560. The fraction of sp³-hybridized carbons (Fsp3) is 0.250. The van der Waals surface area contributed by atoms with E-state index in [0.29, 0.717) is 9.59 Å². The lowest BCUT2D eigenvalue weighted by molar-refractivity contribution is -0.207. The molecular weight excluding hydrogens is 525 g/mol. The zero-order chi connectivity index (χ0) is 26.9. The van der Waals surface area contributed by atoms with Crippen LogP contribution in [0.25, 0.3) is 17.2 Å². The van der Waals surface area contributed by atoms with Gasteiger partial charge in [-0.2, -0.15) is 17.9 Å². The number of aromatic nitrogens is 8. The monoisotopic (exact) mass is 540 g/mol. The lowest BCUT2D eigenvalue weighted by Gasteiger charge is -2.15. The average Bonchev–Trinajstić information content (AvgIpc) is 3.40. The van der Waals surface area contributed by atoms with Crippen LogP contribution in [0.5, 0.6) is 0 Å². The van der Waals surface area contributed by atoms with Crippen LogP contribution in [0, 0.1) is 0 Å². The summed E-state index contributed by atoms with van der Waals surface area (Å²) in [5.41, 5.74) is -1.50. The summed E-state index contributed by atoms with van der Waals surface area (Å²) in [7, 11) is 1.07. The van der Waals surface area contributed by atoms with E-state index < -0.39 is 48.4 Å². The number of alkyl halides is 3. The van der Waals surface area contributed by atoms with Gasteiger partial charge in [-0.15, -0.1) is 10.2 Å². The molecule has 3 aromatic heterocycles. The molecule has 0 unspecified atom stereocenters. The molecular formula is C20H16ClF3N8O5. The highest BCUT2D eigenvalue weighted by Gasteiger charge is 2.39. The Morgan fingerprint density at radius 3 is 2.54 bits per heavy atom. The minimum absolute atomic E-state index is 0.196. The first-order valence-corrected chi connectivity index (χ1v) is 10.6. The highest BCUT2D eigenvalue weighted by atomic mass is 35.5. The molecule has 2 N–H and O–H groups in total. The maximum absolute atomic E-state index is 13.0. The first-order valence-electron chi connectivity index (χ1n) is 10.3. The van der Waals surface area contributed by atoms with Crippen LogP contribution in [0.1, 0.15) is 16.4 Å². The van der Waals surface area contributed by atoms with Crippen molar-refractivity contribution in [2.45, 2.75) is 25.4 Å². The first-order chi connectivity index (χ1) is 17.5. The molecule has 0 saturated carbocycles.